The fourth-order valence-electron chi connectivity index (χ4n) is 1.40. The lowest BCUT2D eigenvalue weighted by Gasteiger charge is -2.09. The van der Waals surface area contributed by atoms with Gasteiger partial charge in [0.2, 0.25) is 5.91 Å². The van der Waals surface area contributed by atoms with Crippen LogP contribution in [0.15, 0.2) is 18.2 Å². The molecule has 20 heavy (non-hydrogen) atoms. The van der Waals surface area contributed by atoms with Crippen molar-refractivity contribution in [3.05, 3.63) is 35.1 Å². The molecule has 0 aliphatic heterocycles. The second-order valence-electron chi connectivity index (χ2n) is 4.01. The maximum absolute atomic E-state index is 13.5. The molecule has 4 nitrogen and oxygen atoms in total. The quantitative estimate of drug-likeness (QED) is 0.593. The molecule has 0 aromatic heterocycles. The average Bonchev–Trinajstić information content (AvgIpc) is 2.33. The number of halogens is 4. The Morgan fingerprint density at radius 1 is 1.35 bits per heavy atom. The third kappa shape index (κ3) is 5.98. The van der Waals surface area contributed by atoms with Crippen LogP contribution in [0, 0.1) is 5.82 Å². The number of amides is 1. The van der Waals surface area contributed by atoms with Crippen molar-refractivity contribution in [2.24, 2.45) is 5.73 Å². The molecule has 0 fully saturated rings. The maximum Gasteiger partial charge on any atom is 0.411 e. The van der Waals surface area contributed by atoms with Crippen LogP contribution < -0.4 is 11.1 Å². The standard InChI is InChI=1S/C12H14F4N2O2/c13-10-5-8(11(17)19)1-2-9(10)6-18-3-4-20-7-12(14,15)16/h1-2,5,18H,3-4,6-7H2,(H2,17,19). The van der Waals surface area contributed by atoms with E-state index in [4.69, 9.17) is 5.73 Å². The number of ether oxygens (including phenoxy) is 1. The highest BCUT2D eigenvalue weighted by Crippen LogP contribution is 2.14. The Hall–Kier alpha value is -1.67. The summed E-state index contributed by atoms with van der Waals surface area (Å²) in [7, 11) is 0. The van der Waals surface area contributed by atoms with Crippen LogP contribution in [0.2, 0.25) is 0 Å². The van der Waals surface area contributed by atoms with Gasteiger partial charge in [-0.05, 0) is 12.1 Å². The molecule has 0 aliphatic carbocycles. The molecule has 0 saturated heterocycles. The lowest BCUT2D eigenvalue weighted by atomic mass is 10.1. The van der Waals surface area contributed by atoms with Crippen molar-refractivity contribution < 1.29 is 27.1 Å². The van der Waals surface area contributed by atoms with E-state index in [1.165, 1.54) is 12.1 Å². The van der Waals surface area contributed by atoms with Crippen LogP contribution in [0.25, 0.3) is 0 Å². The zero-order valence-corrected chi connectivity index (χ0v) is 10.5. The van der Waals surface area contributed by atoms with Crippen molar-refractivity contribution in [2.75, 3.05) is 19.8 Å². The number of primary amides is 1. The molecule has 0 spiro atoms. The number of carbonyl (C=O) groups excluding carboxylic acids is 1. The predicted molar refractivity (Wildman–Crippen MR) is 63.5 cm³/mol. The van der Waals surface area contributed by atoms with E-state index in [2.05, 4.69) is 10.1 Å². The first kappa shape index (κ1) is 16.4. The molecule has 1 rings (SSSR count). The zero-order valence-electron chi connectivity index (χ0n) is 10.5. The van der Waals surface area contributed by atoms with Gasteiger partial charge in [0.05, 0.1) is 6.61 Å². The van der Waals surface area contributed by atoms with Gasteiger partial charge in [0.1, 0.15) is 12.4 Å². The molecular formula is C12H14F4N2O2. The van der Waals surface area contributed by atoms with E-state index in [1.54, 1.807) is 0 Å². The molecule has 0 radical (unpaired) electrons. The van der Waals surface area contributed by atoms with Crippen molar-refractivity contribution >= 4 is 5.91 Å². The Balaban J connectivity index is 2.31. The molecule has 8 heteroatoms. The average molecular weight is 294 g/mol. The molecule has 0 aliphatic rings. The minimum Gasteiger partial charge on any atom is -0.371 e. The molecule has 1 amide bonds. The van der Waals surface area contributed by atoms with Gasteiger partial charge in [0.15, 0.2) is 0 Å². The van der Waals surface area contributed by atoms with Crippen molar-refractivity contribution in [3.8, 4) is 0 Å². The number of nitrogens with two attached hydrogens (primary N) is 1. The Morgan fingerprint density at radius 3 is 2.60 bits per heavy atom. The van der Waals surface area contributed by atoms with Gasteiger partial charge in [-0.3, -0.25) is 4.79 Å². The summed E-state index contributed by atoms with van der Waals surface area (Å²) in [5.41, 5.74) is 5.33. The van der Waals surface area contributed by atoms with Crippen LogP contribution in [0.5, 0.6) is 0 Å². The summed E-state index contributed by atoms with van der Waals surface area (Å²) >= 11 is 0. The van der Waals surface area contributed by atoms with E-state index in [0.717, 1.165) is 6.07 Å². The summed E-state index contributed by atoms with van der Waals surface area (Å²) in [6, 6.07) is 3.78. The molecule has 112 valence electrons. The first-order valence-corrected chi connectivity index (χ1v) is 5.73. The highest BCUT2D eigenvalue weighted by molar-refractivity contribution is 5.92. The summed E-state index contributed by atoms with van der Waals surface area (Å²) in [6.07, 6.45) is -4.35. The Labute approximate surface area is 112 Å². The summed E-state index contributed by atoms with van der Waals surface area (Å²) in [5.74, 6) is -1.34. The van der Waals surface area contributed by atoms with Crippen LogP contribution >= 0.6 is 0 Å². The summed E-state index contributed by atoms with van der Waals surface area (Å²) in [5, 5.41) is 2.73. The Kier molecular flexibility index (Phi) is 5.90. The molecular weight excluding hydrogens is 280 g/mol. The van der Waals surface area contributed by atoms with E-state index < -0.39 is 24.5 Å². The fraction of sp³-hybridized carbons (Fsp3) is 0.417. The van der Waals surface area contributed by atoms with Gasteiger partial charge in [-0.25, -0.2) is 4.39 Å². The number of hydrogen-bond acceptors (Lipinski definition) is 3. The van der Waals surface area contributed by atoms with Crippen molar-refractivity contribution in [2.45, 2.75) is 12.7 Å². The Morgan fingerprint density at radius 2 is 2.05 bits per heavy atom. The van der Waals surface area contributed by atoms with E-state index in [0.29, 0.717) is 0 Å². The van der Waals surface area contributed by atoms with Gasteiger partial charge in [-0.1, -0.05) is 6.07 Å². The third-order valence-electron chi connectivity index (χ3n) is 2.34. The number of nitrogens with one attached hydrogen (secondary N) is 1. The maximum atomic E-state index is 13.5. The van der Waals surface area contributed by atoms with Gasteiger partial charge in [0, 0.05) is 24.2 Å². The monoisotopic (exact) mass is 294 g/mol. The SMILES string of the molecule is NC(=O)c1ccc(CNCCOCC(F)(F)F)c(F)c1. The van der Waals surface area contributed by atoms with Gasteiger partial charge in [-0.15, -0.1) is 0 Å². The summed E-state index contributed by atoms with van der Waals surface area (Å²) in [4.78, 5) is 10.8. The van der Waals surface area contributed by atoms with E-state index >= 15 is 0 Å². The number of alkyl halides is 3. The minimum absolute atomic E-state index is 0.0553. The van der Waals surface area contributed by atoms with Crippen molar-refractivity contribution in [3.63, 3.8) is 0 Å². The van der Waals surface area contributed by atoms with E-state index in [9.17, 15) is 22.4 Å². The summed E-state index contributed by atoms with van der Waals surface area (Å²) in [6.45, 7) is -1.19. The molecule has 0 unspecified atom stereocenters. The van der Waals surface area contributed by atoms with Crippen LogP contribution in [0.3, 0.4) is 0 Å². The first-order valence-electron chi connectivity index (χ1n) is 5.73. The minimum atomic E-state index is -4.35. The normalized spacial score (nSPS) is 11.6. The van der Waals surface area contributed by atoms with Gasteiger partial charge in [-0.2, -0.15) is 13.2 Å². The lowest BCUT2D eigenvalue weighted by Crippen LogP contribution is -2.24. The van der Waals surface area contributed by atoms with Crippen LogP contribution in [-0.4, -0.2) is 31.8 Å². The highest BCUT2D eigenvalue weighted by atomic mass is 19.4. The van der Waals surface area contributed by atoms with Gasteiger partial charge < -0.3 is 15.8 Å². The first-order chi connectivity index (χ1) is 9.29. The molecule has 0 atom stereocenters. The third-order valence-corrected chi connectivity index (χ3v) is 2.34. The van der Waals surface area contributed by atoms with Crippen molar-refractivity contribution in [1.29, 1.82) is 0 Å². The Bertz CT molecular complexity index is 463. The second kappa shape index (κ2) is 7.20. The molecule has 1 aromatic rings. The smallest absolute Gasteiger partial charge is 0.371 e. The lowest BCUT2D eigenvalue weighted by molar-refractivity contribution is -0.173. The molecule has 1 aromatic carbocycles. The summed E-state index contributed by atoms with van der Waals surface area (Å²) < 4.78 is 53.1. The topological polar surface area (TPSA) is 64.4 Å². The largest absolute Gasteiger partial charge is 0.411 e. The number of carbonyl (C=O) groups is 1. The number of rotatable bonds is 7. The van der Waals surface area contributed by atoms with Gasteiger partial charge >= 0.3 is 6.18 Å². The molecule has 0 bridgehead atoms. The van der Waals surface area contributed by atoms with Crippen molar-refractivity contribution in [1.82, 2.24) is 5.32 Å². The number of hydrogen-bond donors (Lipinski definition) is 2. The zero-order chi connectivity index (χ0) is 15.2. The van der Waals surface area contributed by atoms with Crippen LogP contribution in [0.4, 0.5) is 17.6 Å². The second-order valence-corrected chi connectivity index (χ2v) is 4.01. The molecule has 0 saturated carbocycles. The fourth-order valence-corrected chi connectivity index (χ4v) is 1.40. The highest BCUT2D eigenvalue weighted by Gasteiger charge is 2.27. The van der Waals surface area contributed by atoms with E-state index in [1.807, 2.05) is 0 Å². The molecule has 3 N–H and O–H groups in total. The molecule has 0 heterocycles. The van der Waals surface area contributed by atoms with Gasteiger partial charge in [0.25, 0.3) is 0 Å². The van der Waals surface area contributed by atoms with Crippen LogP contribution in [0.1, 0.15) is 15.9 Å². The van der Waals surface area contributed by atoms with E-state index in [-0.39, 0.29) is 30.8 Å². The number of benzene rings is 1. The van der Waals surface area contributed by atoms with Crippen LogP contribution in [-0.2, 0) is 11.3 Å². The predicted octanol–water partition coefficient (Wildman–Crippen LogP) is 1.59.